The molecule has 0 aliphatic carbocycles. The number of piperazine rings is 1. The summed E-state index contributed by atoms with van der Waals surface area (Å²) in [5.74, 6) is 3.61. The Hall–Kier alpha value is -1.37. The van der Waals surface area contributed by atoms with E-state index in [0.717, 1.165) is 42.7 Å². The van der Waals surface area contributed by atoms with Gasteiger partial charge in [-0.1, -0.05) is 5.16 Å². The van der Waals surface area contributed by atoms with Crippen LogP contribution in [-0.4, -0.2) is 63.7 Å². The van der Waals surface area contributed by atoms with Crippen LogP contribution >= 0.6 is 11.8 Å². The van der Waals surface area contributed by atoms with Gasteiger partial charge in [-0.15, -0.1) is 0 Å². The summed E-state index contributed by atoms with van der Waals surface area (Å²) in [6, 6.07) is 6.79. The van der Waals surface area contributed by atoms with Crippen molar-refractivity contribution in [3.8, 4) is 11.3 Å². The minimum absolute atomic E-state index is 0.816. The zero-order valence-electron chi connectivity index (χ0n) is 13.9. The minimum atomic E-state index is 0.816. The highest BCUT2D eigenvalue weighted by Crippen LogP contribution is 2.23. The number of hydrogen-bond acceptors (Lipinski definition) is 6. The Kier molecular flexibility index (Phi) is 5.16. The van der Waals surface area contributed by atoms with Gasteiger partial charge in [0.2, 0.25) is 0 Å². The molecule has 0 radical (unpaired) electrons. The predicted octanol–water partition coefficient (Wildman–Crippen LogP) is 2.75. The van der Waals surface area contributed by atoms with E-state index in [-0.39, 0.29) is 0 Å². The van der Waals surface area contributed by atoms with E-state index in [4.69, 9.17) is 4.52 Å². The van der Waals surface area contributed by atoms with Crippen molar-refractivity contribution in [3.05, 3.63) is 36.4 Å². The Morgan fingerprint density at radius 3 is 2.75 bits per heavy atom. The van der Waals surface area contributed by atoms with Gasteiger partial charge in [-0.05, 0) is 36.5 Å². The second kappa shape index (κ2) is 7.68. The molecule has 2 aliphatic rings. The molecule has 2 aliphatic heterocycles. The van der Waals surface area contributed by atoms with Gasteiger partial charge >= 0.3 is 0 Å². The first-order valence-electron chi connectivity index (χ1n) is 8.78. The summed E-state index contributed by atoms with van der Waals surface area (Å²) in [5, 5.41) is 4.19. The van der Waals surface area contributed by atoms with Crippen molar-refractivity contribution < 1.29 is 4.52 Å². The fraction of sp³-hybridized carbons (Fsp3) is 0.556. The monoisotopic (exact) mass is 344 g/mol. The van der Waals surface area contributed by atoms with Crippen molar-refractivity contribution >= 4 is 11.8 Å². The van der Waals surface area contributed by atoms with Gasteiger partial charge in [0.05, 0.1) is 6.54 Å². The fourth-order valence-electron chi connectivity index (χ4n) is 3.60. The van der Waals surface area contributed by atoms with E-state index in [1.165, 1.54) is 37.4 Å². The molecular formula is C18H24N4OS. The van der Waals surface area contributed by atoms with E-state index in [2.05, 4.69) is 31.7 Å². The molecule has 0 bridgehead atoms. The van der Waals surface area contributed by atoms with Crippen LogP contribution in [0.3, 0.4) is 0 Å². The van der Waals surface area contributed by atoms with Gasteiger partial charge in [0.25, 0.3) is 0 Å². The molecule has 0 N–H and O–H groups in total. The average Bonchev–Trinajstić information content (AvgIpc) is 3.12. The summed E-state index contributed by atoms with van der Waals surface area (Å²) < 4.78 is 5.53. The number of rotatable bonds is 4. The number of pyridine rings is 1. The van der Waals surface area contributed by atoms with Crippen LogP contribution in [0, 0.1) is 0 Å². The van der Waals surface area contributed by atoms with Crippen molar-refractivity contribution in [3.63, 3.8) is 0 Å². The van der Waals surface area contributed by atoms with Crippen molar-refractivity contribution in [1.29, 1.82) is 0 Å². The van der Waals surface area contributed by atoms with Crippen molar-refractivity contribution in [2.45, 2.75) is 25.4 Å². The van der Waals surface area contributed by atoms with Crippen LogP contribution in [0.25, 0.3) is 11.3 Å². The minimum Gasteiger partial charge on any atom is -0.359 e. The zero-order valence-corrected chi connectivity index (χ0v) is 14.7. The summed E-state index contributed by atoms with van der Waals surface area (Å²) in [5.41, 5.74) is 1.88. The van der Waals surface area contributed by atoms with Gasteiger partial charge in [0.1, 0.15) is 5.69 Å². The maximum Gasteiger partial charge on any atom is 0.151 e. The number of aromatic nitrogens is 2. The second-order valence-electron chi connectivity index (χ2n) is 6.58. The lowest BCUT2D eigenvalue weighted by molar-refractivity contribution is 0.0827. The van der Waals surface area contributed by atoms with Crippen molar-refractivity contribution in [2.24, 2.45) is 0 Å². The summed E-state index contributed by atoms with van der Waals surface area (Å²) in [6.07, 6.45) is 6.32. The molecule has 0 amide bonds. The predicted molar refractivity (Wildman–Crippen MR) is 96.9 cm³/mol. The lowest BCUT2D eigenvalue weighted by Crippen LogP contribution is -2.50. The molecule has 5 nitrogen and oxygen atoms in total. The van der Waals surface area contributed by atoms with Crippen LogP contribution in [0.4, 0.5) is 0 Å². The third-order valence-electron chi connectivity index (χ3n) is 5.01. The molecule has 2 aromatic rings. The quantitative estimate of drug-likeness (QED) is 0.850. The van der Waals surface area contributed by atoms with Gasteiger partial charge in [-0.3, -0.25) is 14.8 Å². The third-order valence-corrected chi connectivity index (χ3v) is 6.06. The van der Waals surface area contributed by atoms with E-state index in [1.807, 2.05) is 24.4 Å². The van der Waals surface area contributed by atoms with Crippen LogP contribution in [0.15, 0.2) is 35.1 Å². The number of hydrogen-bond donors (Lipinski definition) is 0. The van der Waals surface area contributed by atoms with E-state index < -0.39 is 0 Å². The van der Waals surface area contributed by atoms with Gasteiger partial charge < -0.3 is 4.52 Å². The van der Waals surface area contributed by atoms with E-state index in [9.17, 15) is 0 Å². The maximum absolute atomic E-state index is 5.53. The Morgan fingerprint density at radius 1 is 1.17 bits per heavy atom. The number of nitrogens with zero attached hydrogens (tertiary/aromatic N) is 4. The van der Waals surface area contributed by atoms with Gasteiger partial charge in [-0.2, -0.15) is 11.8 Å². The smallest absolute Gasteiger partial charge is 0.151 e. The molecule has 6 heteroatoms. The summed E-state index contributed by atoms with van der Waals surface area (Å²) >= 11 is 2.10. The van der Waals surface area contributed by atoms with Crippen molar-refractivity contribution in [2.75, 3.05) is 37.7 Å². The Morgan fingerprint density at radius 2 is 2.00 bits per heavy atom. The lowest BCUT2D eigenvalue weighted by atomic mass is 10.1. The topological polar surface area (TPSA) is 45.4 Å². The molecule has 4 rings (SSSR count). The van der Waals surface area contributed by atoms with E-state index in [0.29, 0.717) is 0 Å². The van der Waals surface area contributed by atoms with Gasteiger partial charge in [0, 0.05) is 56.2 Å². The molecule has 2 saturated heterocycles. The molecule has 0 atom stereocenters. The molecule has 0 saturated carbocycles. The van der Waals surface area contributed by atoms with Crippen LogP contribution in [-0.2, 0) is 6.54 Å². The molecule has 0 spiro atoms. The van der Waals surface area contributed by atoms with Crippen molar-refractivity contribution in [1.82, 2.24) is 19.9 Å². The Bertz CT molecular complexity index is 633. The van der Waals surface area contributed by atoms with Crippen LogP contribution in [0.5, 0.6) is 0 Å². The average molecular weight is 344 g/mol. The van der Waals surface area contributed by atoms with Crippen LogP contribution in [0.1, 0.15) is 18.6 Å². The Balaban J connectivity index is 1.30. The summed E-state index contributed by atoms with van der Waals surface area (Å²) in [7, 11) is 0. The van der Waals surface area contributed by atoms with Crippen LogP contribution in [0.2, 0.25) is 0 Å². The lowest BCUT2D eigenvalue weighted by Gasteiger charge is -2.40. The SMILES string of the molecule is c1cncc(-c2cc(CN3CCN(C4CCSCC4)CC3)on2)c1. The molecule has 0 unspecified atom stereocenters. The molecule has 0 aromatic carbocycles. The second-order valence-corrected chi connectivity index (χ2v) is 7.80. The van der Waals surface area contributed by atoms with Gasteiger partial charge in [0.15, 0.2) is 5.76 Å². The third kappa shape index (κ3) is 3.82. The molecule has 128 valence electrons. The largest absolute Gasteiger partial charge is 0.359 e. The molecule has 4 heterocycles. The van der Waals surface area contributed by atoms with E-state index >= 15 is 0 Å². The first-order valence-corrected chi connectivity index (χ1v) is 9.94. The maximum atomic E-state index is 5.53. The highest BCUT2D eigenvalue weighted by Gasteiger charge is 2.25. The fourth-order valence-corrected chi connectivity index (χ4v) is 4.68. The molecular weight excluding hydrogens is 320 g/mol. The first kappa shape index (κ1) is 16.1. The zero-order chi connectivity index (χ0) is 16.2. The highest BCUT2D eigenvalue weighted by atomic mass is 32.2. The first-order chi connectivity index (χ1) is 11.9. The van der Waals surface area contributed by atoms with E-state index in [1.54, 1.807) is 6.20 Å². The molecule has 24 heavy (non-hydrogen) atoms. The normalized spacial score (nSPS) is 21.2. The summed E-state index contributed by atoms with van der Waals surface area (Å²) in [6.45, 7) is 5.44. The van der Waals surface area contributed by atoms with Gasteiger partial charge in [-0.25, -0.2) is 0 Å². The highest BCUT2D eigenvalue weighted by molar-refractivity contribution is 7.99. The van der Waals surface area contributed by atoms with Crippen LogP contribution < -0.4 is 0 Å². The number of thioether (sulfide) groups is 1. The summed E-state index contributed by atoms with van der Waals surface area (Å²) in [4.78, 5) is 9.31. The standard InChI is InChI=1S/C18H24N4OS/c1-2-15(13-19-5-1)18-12-17(23-20-18)14-21-6-8-22(9-7-21)16-3-10-24-11-4-16/h1-2,5,12-13,16H,3-4,6-11,14H2. The Labute approximate surface area is 147 Å². The molecule has 2 aromatic heterocycles. The molecule has 2 fully saturated rings.